The molecular weight excluding hydrogens is 1560 g/mol. The molecule has 19 rings (SSSR count). The molecule has 0 atom stereocenters. The van der Waals surface area contributed by atoms with E-state index in [0.717, 1.165) is 81.7 Å². The van der Waals surface area contributed by atoms with E-state index in [4.69, 9.17) is 8.83 Å². The number of aryl methyl sites for hydroxylation is 22. The van der Waals surface area contributed by atoms with Gasteiger partial charge < -0.3 is 8.83 Å². The summed E-state index contributed by atoms with van der Waals surface area (Å²) in [4.78, 5) is 50.7. The third kappa shape index (κ3) is 29.8. The number of benzene rings is 3. The first kappa shape index (κ1) is 86.2. The molecule has 16 aromatic heterocycles. The molecule has 0 aliphatic rings. The molecule has 0 bridgehead atoms. The number of thiophene rings is 6. The largest absolute Gasteiger partial charge is 0.467 e. The average Bonchev–Trinajstić information content (AvgIpc) is 1.33. The van der Waals surface area contributed by atoms with E-state index in [9.17, 15) is 0 Å². The number of rotatable bonds is 0. The van der Waals surface area contributed by atoms with Crippen molar-refractivity contribution in [3.63, 3.8) is 0 Å². The molecule has 0 saturated heterocycles. The summed E-state index contributed by atoms with van der Waals surface area (Å²) in [6.07, 6.45) is 7.18. The number of para-hydroxylation sites is 1. The summed E-state index contributed by atoms with van der Waals surface area (Å²) >= 11 is 19.7. The number of thiazole rings is 5. The fourth-order valence-corrected chi connectivity index (χ4v) is 20.6. The van der Waals surface area contributed by atoms with Gasteiger partial charge in [-0.05, 0) is 265 Å². The summed E-state index contributed by atoms with van der Waals surface area (Å²) in [5, 5.41) is 15.7. The van der Waals surface area contributed by atoms with Crippen molar-refractivity contribution < 1.29 is 8.83 Å². The minimum atomic E-state index is 0.718. The summed E-state index contributed by atoms with van der Waals surface area (Å²) in [7, 11) is 0. The normalized spacial score (nSPS) is 10.3. The Bertz CT molecular complexity index is 4970. The molecule has 109 heavy (non-hydrogen) atoms. The lowest BCUT2D eigenvalue weighted by atomic mass is 10.2. The Kier molecular flexibility index (Phi) is 33.8. The first-order chi connectivity index (χ1) is 51.9. The highest BCUT2D eigenvalue weighted by Gasteiger charge is 2.07. The van der Waals surface area contributed by atoms with Crippen molar-refractivity contribution in [3.8, 4) is 0 Å². The molecule has 0 amide bonds. The number of pyridine rings is 1. The van der Waals surface area contributed by atoms with Crippen molar-refractivity contribution >= 4 is 194 Å². The molecular formula is C85H93N11O2S11. The van der Waals surface area contributed by atoms with Crippen LogP contribution < -0.4 is 0 Å². The van der Waals surface area contributed by atoms with Gasteiger partial charge >= 0.3 is 0 Å². The molecule has 0 aliphatic carbocycles. The van der Waals surface area contributed by atoms with Crippen molar-refractivity contribution in [2.75, 3.05) is 0 Å². The van der Waals surface area contributed by atoms with Crippen LogP contribution in [0.5, 0.6) is 0 Å². The first-order valence-corrected chi connectivity index (χ1v) is 43.8. The Morgan fingerprint density at radius 3 is 1.28 bits per heavy atom. The second-order valence-corrected chi connectivity index (χ2v) is 39.4. The number of hydrogen-bond acceptors (Lipinski definition) is 24. The lowest BCUT2D eigenvalue weighted by molar-refractivity contribution is 0.504. The molecule has 16 heterocycles. The van der Waals surface area contributed by atoms with Crippen LogP contribution in [0.1, 0.15) is 116 Å². The second-order valence-electron chi connectivity index (χ2n) is 25.3. The summed E-state index contributed by atoms with van der Waals surface area (Å²) in [5.41, 5.74) is 8.83. The van der Waals surface area contributed by atoms with E-state index in [1.54, 1.807) is 74.2 Å². The molecule has 0 spiro atoms. The highest BCUT2D eigenvalue weighted by molar-refractivity contribution is 7.38. The predicted octanol–water partition coefficient (Wildman–Crippen LogP) is 28.3. The van der Waals surface area contributed by atoms with Crippen molar-refractivity contribution in [1.82, 2.24) is 55.1 Å². The van der Waals surface area contributed by atoms with E-state index in [-0.39, 0.29) is 0 Å². The number of aromatic nitrogens is 11. The molecule has 13 nitrogen and oxygen atoms in total. The molecule has 19 aromatic rings. The molecule has 0 N–H and O–H groups in total. The fourth-order valence-electron chi connectivity index (χ4n) is 9.71. The lowest BCUT2D eigenvalue weighted by Gasteiger charge is -1.89. The van der Waals surface area contributed by atoms with E-state index in [0.29, 0.717) is 0 Å². The molecule has 0 fully saturated rings. The molecule has 3 aromatic carbocycles. The highest BCUT2D eigenvalue weighted by atomic mass is 32.2. The highest BCUT2D eigenvalue weighted by Crippen LogP contribution is 2.34. The zero-order valence-corrected chi connectivity index (χ0v) is 74.8. The maximum absolute atomic E-state index is 5.37. The minimum Gasteiger partial charge on any atom is -0.467 e. The van der Waals surface area contributed by atoms with Crippen LogP contribution in [-0.4, -0.2) is 55.1 Å². The van der Waals surface area contributed by atoms with Gasteiger partial charge in [0.25, 0.3) is 0 Å². The fraction of sp³-hybridized carbons (Fsp3) is 0.259. The Labute approximate surface area is 684 Å². The van der Waals surface area contributed by atoms with E-state index in [1.165, 1.54) is 104 Å². The van der Waals surface area contributed by atoms with Gasteiger partial charge in [-0.15, -0.1) is 107 Å². The summed E-state index contributed by atoms with van der Waals surface area (Å²) in [5.74, 6) is 4.49. The summed E-state index contributed by atoms with van der Waals surface area (Å²) < 4.78 is 18.7. The topological polar surface area (TPSA) is 168 Å². The van der Waals surface area contributed by atoms with Crippen molar-refractivity contribution in [1.29, 1.82) is 0 Å². The van der Waals surface area contributed by atoms with Crippen LogP contribution in [0, 0.1) is 152 Å². The van der Waals surface area contributed by atoms with Crippen LogP contribution in [0.4, 0.5) is 0 Å². The maximum atomic E-state index is 5.37. The van der Waals surface area contributed by atoms with Gasteiger partial charge in [0.2, 0.25) is 0 Å². The first-order valence-electron chi connectivity index (χ1n) is 34.9. The third-order valence-electron chi connectivity index (χ3n) is 14.5. The number of hydrogen-bond donors (Lipinski definition) is 0. The number of fused-ring (bicyclic) bond motifs is 7. The Hall–Kier alpha value is -8.37. The molecule has 0 unspecified atom stereocenters. The van der Waals surface area contributed by atoms with Gasteiger partial charge in [-0.1, -0.05) is 71.2 Å². The van der Waals surface area contributed by atoms with E-state index >= 15 is 0 Å². The van der Waals surface area contributed by atoms with Gasteiger partial charge in [0, 0.05) is 77.9 Å². The van der Waals surface area contributed by atoms with E-state index in [2.05, 4.69) is 201 Å². The van der Waals surface area contributed by atoms with Crippen LogP contribution in [0.25, 0.3) is 69.4 Å². The van der Waals surface area contributed by atoms with Crippen molar-refractivity contribution in [2.45, 2.75) is 152 Å². The van der Waals surface area contributed by atoms with E-state index < -0.39 is 0 Å². The quantitative estimate of drug-likeness (QED) is 0.141. The summed E-state index contributed by atoms with van der Waals surface area (Å²) in [6, 6.07) is 48.2. The van der Waals surface area contributed by atoms with Crippen molar-refractivity contribution in [2.24, 2.45) is 0 Å². The molecule has 0 radical (unpaired) electrons. The Morgan fingerprint density at radius 1 is 0.257 bits per heavy atom. The SMILES string of the molecule is Cc1cc2ccccc2o1.Cc1cc2ccccc2s1.Cc1cc2nc(C)sc2s1.Cc1cc2sc(C)cc2s1.Cc1cc2sc(C)nc2s1.Cc1ccc(C)nc1.Cc1ccc(C)o1.Cc1ccc(C)s1.Cc1ccc2nc(C)sc2c1.Cc1cnc(C)nc1.Cc1cnc(C)nn1.Cc1nc2sc(C)nc2s1. The van der Waals surface area contributed by atoms with Gasteiger partial charge in [0.15, 0.2) is 9.66 Å². The van der Waals surface area contributed by atoms with Crippen LogP contribution in [0.15, 0.2) is 173 Å². The zero-order chi connectivity index (χ0) is 78.8. The predicted molar refractivity (Wildman–Crippen MR) is 481 cm³/mol. The molecule has 24 heteroatoms. The van der Waals surface area contributed by atoms with Crippen LogP contribution in [-0.2, 0) is 0 Å². The van der Waals surface area contributed by atoms with E-state index in [1.807, 2.05) is 221 Å². The Balaban J connectivity index is 0.000000150. The molecule has 0 saturated carbocycles. The lowest BCUT2D eigenvalue weighted by Crippen LogP contribution is -1.91. The van der Waals surface area contributed by atoms with Gasteiger partial charge in [-0.2, -0.15) is 5.10 Å². The third-order valence-corrected chi connectivity index (χ3v) is 25.5. The minimum absolute atomic E-state index is 0.718. The average molecular weight is 1650 g/mol. The zero-order valence-electron chi connectivity index (χ0n) is 65.8. The van der Waals surface area contributed by atoms with Crippen LogP contribution in [0.3, 0.4) is 0 Å². The number of furan rings is 2. The smallest absolute Gasteiger partial charge is 0.155 e. The van der Waals surface area contributed by atoms with Gasteiger partial charge in [-0.25, -0.2) is 39.9 Å². The molecule has 0 aliphatic heterocycles. The second kappa shape index (κ2) is 42.7. The maximum Gasteiger partial charge on any atom is 0.155 e. The standard InChI is InChI=1S/C9H9NS.C9H8O.C9H8S.C8H8S2.2C7H7NS2.C7H9N.C6H6N2S2.C6H8N2.C6H8O.C6H8S.C5H7N3/c1-6-3-4-8-9(5-6)11-7(2)10-8;2*1-7-6-8-4-2-3-5-9(8)10-7;1-5-3-7-8(9-5)4-6(2)10-7;1-4-3-6-7(9-4)8-5(2)10-6;1-4-3-6-7(9-4)10-5(2)8-6;1-6-3-4-7(2)8-5-6;1-3-7-5-6(9-3)8-4(2)10-5;1-5-3-7-6(2)8-4-5;2*1-5-3-4-6(2)7-5;1-4-3-6-5(2)8-7-4/h3-5H,1-2H3;2*2-6H,1H3;3-4H,1-2H3;2*3H,1-2H3;3-5H,1-2H3;1-2H3;3-4H,1-2H3;2*3-4H,1-2H3;3H,1-2H3. The van der Waals surface area contributed by atoms with Crippen LogP contribution >= 0.6 is 125 Å². The summed E-state index contributed by atoms with van der Waals surface area (Å²) in [6.45, 7) is 44.6. The van der Waals surface area contributed by atoms with Gasteiger partial charge in [0.1, 0.15) is 43.4 Å². The van der Waals surface area contributed by atoms with Gasteiger partial charge in [0.05, 0.1) is 57.4 Å². The van der Waals surface area contributed by atoms with Crippen molar-refractivity contribution in [3.05, 3.63) is 280 Å². The number of nitrogens with zero attached hydrogens (tertiary/aromatic N) is 11. The van der Waals surface area contributed by atoms with Crippen LogP contribution in [0.2, 0.25) is 0 Å². The van der Waals surface area contributed by atoms with Gasteiger partial charge in [-0.3, -0.25) is 4.98 Å². The molecule has 566 valence electrons. The monoisotopic (exact) mass is 1650 g/mol. The Morgan fingerprint density at radius 2 is 0.761 bits per heavy atom.